The number of aliphatic hydroxyl groups excluding tert-OH is 2. The number of ether oxygens (including phenoxy) is 5. The summed E-state index contributed by atoms with van der Waals surface area (Å²) in [5.41, 5.74) is 0. The third kappa shape index (κ3) is 50.2. The molecule has 1 saturated heterocycles. The Morgan fingerprint density at radius 1 is 0.391 bits per heavy atom. The van der Waals surface area contributed by atoms with Gasteiger partial charge in [-0.15, -0.1) is 0 Å². The molecule has 1 aliphatic heterocycles. The molecule has 3 N–H and O–H groups in total. The number of aliphatic hydroxyl groups is 2. The zero-order chi connectivity index (χ0) is 63.1. The standard InChI is InChI=1S/C75H118O12/c1-4-7-10-13-16-19-22-25-28-31-34-37-40-43-46-49-52-55-58-61-67(76)83-64-66(85-68(77)62-59-56-53-50-47-44-41-38-35-32-29-26-23-20-17-14-11-8-5-2)65-84-75-73(71(80)70(79)72(87-75)74(81)82)86-69(78)63-60-57-54-51-48-45-42-39-36-33-30-27-24-21-18-15-12-9-6-3/h7,9-10,12,16-21,25-30,34-39,45,48,66,70-73,75,79-80H,4-6,8,11,13-15,22-24,31-33,40-44,46-47,49-65H2,1-3H3,(H,81,82)/b10-7-,12-9-,19-16-,20-17-,21-18-,28-25-,29-26-,30-27-,37-34-,38-35-,39-36-,48-45-. The summed E-state index contributed by atoms with van der Waals surface area (Å²) in [6.07, 6.45) is 75.0. The normalized spacial score (nSPS) is 18.3. The summed E-state index contributed by atoms with van der Waals surface area (Å²) in [6, 6.07) is 0. The van der Waals surface area contributed by atoms with Crippen LogP contribution in [0.2, 0.25) is 0 Å². The minimum atomic E-state index is -1.93. The van der Waals surface area contributed by atoms with Crippen LogP contribution in [0.15, 0.2) is 146 Å². The summed E-state index contributed by atoms with van der Waals surface area (Å²) in [6.45, 7) is 5.72. The van der Waals surface area contributed by atoms with E-state index in [1.54, 1.807) is 0 Å². The van der Waals surface area contributed by atoms with Gasteiger partial charge in [-0.1, -0.05) is 237 Å². The Bertz CT molecular complexity index is 2070. The Hall–Kier alpha value is -5.40. The minimum absolute atomic E-state index is 0.0101. The molecular formula is C75H118O12. The van der Waals surface area contributed by atoms with E-state index in [1.165, 1.54) is 25.7 Å². The molecule has 0 bridgehead atoms. The molecular weight excluding hydrogens is 1090 g/mol. The molecule has 1 rings (SSSR count). The van der Waals surface area contributed by atoms with Gasteiger partial charge in [-0.3, -0.25) is 14.4 Å². The molecule has 490 valence electrons. The number of carbonyl (C=O) groups excluding carboxylic acids is 3. The Kier molecular flexibility index (Phi) is 55.7. The summed E-state index contributed by atoms with van der Waals surface area (Å²) in [5, 5.41) is 31.7. The van der Waals surface area contributed by atoms with E-state index in [1.807, 2.05) is 0 Å². The molecule has 6 atom stereocenters. The monoisotopic (exact) mass is 1210 g/mol. The summed E-state index contributed by atoms with van der Waals surface area (Å²) < 4.78 is 28.5. The second kappa shape index (κ2) is 60.9. The maximum absolute atomic E-state index is 13.2. The number of hydrogen-bond acceptors (Lipinski definition) is 11. The summed E-state index contributed by atoms with van der Waals surface area (Å²) in [5.74, 6) is -3.21. The number of allylic oxidation sites excluding steroid dienone is 24. The van der Waals surface area contributed by atoms with Crippen LogP contribution in [0, 0.1) is 0 Å². The quantitative estimate of drug-likeness (QED) is 0.0228. The number of hydrogen-bond donors (Lipinski definition) is 3. The van der Waals surface area contributed by atoms with Crippen molar-refractivity contribution >= 4 is 23.9 Å². The molecule has 1 fully saturated rings. The van der Waals surface area contributed by atoms with Crippen molar-refractivity contribution in [1.29, 1.82) is 0 Å². The maximum Gasteiger partial charge on any atom is 0.335 e. The maximum atomic E-state index is 13.2. The van der Waals surface area contributed by atoms with E-state index in [-0.39, 0.29) is 25.9 Å². The van der Waals surface area contributed by atoms with Crippen molar-refractivity contribution in [2.24, 2.45) is 0 Å². The fraction of sp³-hybridized carbons (Fsp3) is 0.627. The molecule has 6 unspecified atom stereocenters. The molecule has 0 saturated carbocycles. The predicted molar refractivity (Wildman–Crippen MR) is 358 cm³/mol. The number of carboxylic acid groups (broad SMARTS) is 1. The Labute approximate surface area is 527 Å². The van der Waals surface area contributed by atoms with Gasteiger partial charge in [0, 0.05) is 19.3 Å². The number of aliphatic carboxylic acids is 1. The fourth-order valence-electron chi connectivity index (χ4n) is 9.27. The Morgan fingerprint density at radius 3 is 1.11 bits per heavy atom. The summed E-state index contributed by atoms with van der Waals surface area (Å²) in [4.78, 5) is 51.5. The molecule has 0 aromatic heterocycles. The molecule has 0 aromatic carbocycles. The van der Waals surface area contributed by atoms with Gasteiger partial charge in [0.2, 0.25) is 0 Å². The first-order valence-electron chi connectivity index (χ1n) is 33.8. The molecule has 12 nitrogen and oxygen atoms in total. The minimum Gasteiger partial charge on any atom is -0.479 e. The van der Waals surface area contributed by atoms with Gasteiger partial charge in [0.05, 0.1) is 6.61 Å². The van der Waals surface area contributed by atoms with Crippen LogP contribution >= 0.6 is 0 Å². The van der Waals surface area contributed by atoms with Crippen molar-refractivity contribution in [3.63, 3.8) is 0 Å². The van der Waals surface area contributed by atoms with Crippen molar-refractivity contribution in [2.45, 2.75) is 289 Å². The number of esters is 3. The van der Waals surface area contributed by atoms with Crippen LogP contribution in [0.4, 0.5) is 0 Å². The lowest BCUT2D eigenvalue weighted by Gasteiger charge is -2.40. The largest absolute Gasteiger partial charge is 0.479 e. The second-order valence-corrected chi connectivity index (χ2v) is 22.3. The van der Waals surface area contributed by atoms with Crippen LogP contribution in [0.3, 0.4) is 0 Å². The highest BCUT2D eigenvalue weighted by atomic mass is 16.7. The highest BCUT2D eigenvalue weighted by Crippen LogP contribution is 2.26. The average molecular weight is 1210 g/mol. The highest BCUT2D eigenvalue weighted by Gasteiger charge is 2.50. The van der Waals surface area contributed by atoms with Crippen LogP contribution in [-0.2, 0) is 42.9 Å². The number of unbranched alkanes of at least 4 members (excludes halogenated alkanes) is 18. The van der Waals surface area contributed by atoms with Crippen LogP contribution < -0.4 is 0 Å². The molecule has 0 aromatic rings. The second-order valence-electron chi connectivity index (χ2n) is 22.3. The van der Waals surface area contributed by atoms with Crippen LogP contribution in [0.5, 0.6) is 0 Å². The third-order valence-electron chi connectivity index (χ3n) is 14.4. The zero-order valence-corrected chi connectivity index (χ0v) is 54.2. The SMILES string of the molecule is CC/C=C\C/C=C\C/C=C\C/C=C\C/C=C\CCCCCC(=O)OC1C(OCC(COC(=O)CCCCCCCC/C=C\C/C=C\C/C=C\C/C=C\CC)OC(=O)CCCCCCCC/C=C\C/C=C\C/C=C\CCCCC)OC(C(=O)O)C(O)C1O. The summed E-state index contributed by atoms with van der Waals surface area (Å²) in [7, 11) is 0. The van der Waals surface area contributed by atoms with Gasteiger partial charge in [0.1, 0.15) is 18.8 Å². The lowest BCUT2D eigenvalue weighted by molar-refractivity contribution is -0.301. The summed E-state index contributed by atoms with van der Waals surface area (Å²) >= 11 is 0. The first kappa shape index (κ1) is 79.6. The molecule has 0 amide bonds. The first-order chi connectivity index (χ1) is 42.6. The van der Waals surface area contributed by atoms with E-state index in [2.05, 4.69) is 167 Å². The predicted octanol–water partition coefficient (Wildman–Crippen LogP) is 18.7. The van der Waals surface area contributed by atoms with Crippen molar-refractivity contribution in [3.8, 4) is 0 Å². The smallest absolute Gasteiger partial charge is 0.335 e. The van der Waals surface area contributed by atoms with E-state index in [0.717, 1.165) is 167 Å². The molecule has 12 heteroatoms. The highest BCUT2D eigenvalue weighted by molar-refractivity contribution is 5.74. The van der Waals surface area contributed by atoms with Gasteiger partial charge in [0.15, 0.2) is 24.6 Å². The van der Waals surface area contributed by atoms with Crippen molar-refractivity contribution in [2.75, 3.05) is 13.2 Å². The average Bonchev–Trinajstić information content (AvgIpc) is 2.60. The van der Waals surface area contributed by atoms with Gasteiger partial charge < -0.3 is 39.0 Å². The topological polar surface area (TPSA) is 175 Å². The van der Waals surface area contributed by atoms with E-state index in [9.17, 15) is 34.5 Å². The lowest BCUT2D eigenvalue weighted by Crippen LogP contribution is -2.61. The molecule has 1 aliphatic rings. The van der Waals surface area contributed by atoms with E-state index < -0.39 is 67.3 Å². The number of rotatable bonds is 56. The van der Waals surface area contributed by atoms with Crippen LogP contribution in [0.25, 0.3) is 0 Å². The number of carbonyl (C=O) groups is 4. The molecule has 0 radical (unpaired) electrons. The van der Waals surface area contributed by atoms with E-state index in [0.29, 0.717) is 19.3 Å². The van der Waals surface area contributed by atoms with Crippen LogP contribution in [0.1, 0.15) is 252 Å². The molecule has 0 aliphatic carbocycles. The van der Waals surface area contributed by atoms with Gasteiger partial charge in [0.25, 0.3) is 0 Å². The Morgan fingerprint density at radius 2 is 0.724 bits per heavy atom. The van der Waals surface area contributed by atoms with E-state index >= 15 is 0 Å². The molecule has 0 spiro atoms. The Balaban J connectivity index is 2.71. The lowest BCUT2D eigenvalue weighted by atomic mass is 9.98. The van der Waals surface area contributed by atoms with Crippen molar-refractivity contribution < 1.29 is 58.2 Å². The third-order valence-corrected chi connectivity index (χ3v) is 14.4. The van der Waals surface area contributed by atoms with E-state index in [4.69, 9.17) is 23.7 Å². The zero-order valence-electron chi connectivity index (χ0n) is 54.2. The van der Waals surface area contributed by atoms with Crippen molar-refractivity contribution in [1.82, 2.24) is 0 Å². The van der Waals surface area contributed by atoms with Gasteiger partial charge in [-0.05, 0) is 141 Å². The van der Waals surface area contributed by atoms with Gasteiger partial charge in [-0.25, -0.2) is 4.79 Å². The van der Waals surface area contributed by atoms with Gasteiger partial charge >= 0.3 is 23.9 Å². The van der Waals surface area contributed by atoms with Crippen LogP contribution in [-0.4, -0.2) is 89.2 Å². The number of carboxylic acids is 1. The van der Waals surface area contributed by atoms with Gasteiger partial charge in [-0.2, -0.15) is 0 Å². The fourth-order valence-corrected chi connectivity index (χ4v) is 9.27. The first-order valence-corrected chi connectivity index (χ1v) is 33.8. The molecule has 87 heavy (non-hydrogen) atoms. The van der Waals surface area contributed by atoms with Crippen molar-refractivity contribution in [3.05, 3.63) is 146 Å². The molecule has 1 heterocycles.